The lowest BCUT2D eigenvalue weighted by molar-refractivity contribution is 0.0681. The van der Waals surface area contributed by atoms with Crippen molar-refractivity contribution in [1.82, 2.24) is 0 Å². The molecule has 162 valence electrons. The summed E-state index contributed by atoms with van der Waals surface area (Å²) in [6.45, 7) is 0.390. The van der Waals surface area contributed by atoms with E-state index in [1.54, 1.807) is 0 Å². The second-order valence-corrected chi connectivity index (χ2v) is 5.53. The average Bonchev–Trinajstić information content (AvgIpc) is 2.73. The lowest BCUT2D eigenvalue weighted by Crippen LogP contribution is -2.01. The van der Waals surface area contributed by atoms with Gasteiger partial charge in [-0.25, -0.2) is 19.2 Å². The van der Waals surface area contributed by atoms with Gasteiger partial charge in [0.2, 0.25) is 0 Å². The molecule has 10 nitrogen and oxygen atoms in total. The topological polar surface area (TPSA) is 190 Å². The molecule has 0 saturated heterocycles. The molecule has 30 heavy (non-hydrogen) atoms. The summed E-state index contributed by atoms with van der Waals surface area (Å²) in [6.07, 6.45) is 1.44. The minimum Gasteiger partial charge on any atom is -0.478 e. The monoisotopic (exact) mass is 422 g/mol. The van der Waals surface area contributed by atoms with Crippen molar-refractivity contribution in [2.45, 2.75) is 12.8 Å². The normalized spacial score (nSPS) is 9.27. The van der Waals surface area contributed by atoms with Crippen LogP contribution in [0.3, 0.4) is 0 Å². The Morgan fingerprint density at radius 1 is 0.533 bits per heavy atom. The van der Waals surface area contributed by atoms with E-state index in [9.17, 15) is 19.2 Å². The second kappa shape index (κ2) is 14.3. The van der Waals surface area contributed by atoms with Crippen molar-refractivity contribution in [3.05, 3.63) is 70.8 Å². The quantitative estimate of drug-likeness (QED) is 0.359. The molecule has 0 fully saturated rings. The van der Waals surface area contributed by atoms with Crippen molar-refractivity contribution < 1.29 is 49.8 Å². The van der Waals surface area contributed by atoms with Crippen LogP contribution in [0.15, 0.2) is 48.5 Å². The lowest BCUT2D eigenvalue weighted by atomic mass is 10.1. The molecule has 2 aromatic carbocycles. The summed E-state index contributed by atoms with van der Waals surface area (Å²) >= 11 is 0. The van der Waals surface area contributed by atoms with Gasteiger partial charge in [0.05, 0.1) is 22.3 Å². The number of benzene rings is 2. The number of aliphatic hydroxyl groups is 2. The van der Waals surface area contributed by atoms with Gasteiger partial charge in [-0.15, -0.1) is 0 Å². The summed E-state index contributed by atoms with van der Waals surface area (Å²) in [5.41, 5.74) is 0.129. The Morgan fingerprint density at radius 3 is 1.07 bits per heavy atom. The molecule has 0 heterocycles. The predicted octanol–water partition coefficient (Wildman–Crippen LogP) is 1.92. The number of unbranched alkanes of at least 4 members (excludes halogenated alkanes) is 1. The minimum absolute atomic E-state index is 0.0186. The van der Waals surface area contributed by atoms with E-state index in [0.29, 0.717) is 0 Å². The third-order valence-electron chi connectivity index (χ3n) is 3.30. The van der Waals surface area contributed by atoms with Crippen LogP contribution in [0.2, 0.25) is 0 Å². The summed E-state index contributed by atoms with van der Waals surface area (Å²) in [5, 5.41) is 50.1. The Labute approximate surface area is 171 Å². The smallest absolute Gasteiger partial charge is 0.335 e. The molecule has 0 aliphatic heterocycles. The first kappa shape index (κ1) is 26.2. The van der Waals surface area contributed by atoms with E-state index in [4.69, 9.17) is 30.6 Å². The molecular weight excluding hydrogens is 400 g/mol. The zero-order chi connectivity index (χ0) is 23.1. The maximum Gasteiger partial charge on any atom is 0.335 e. The zero-order valence-corrected chi connectivity index (χ0v) is 15.8. The predicted molar refractivity (Wildman–Crippen MR) is 104 cm³/mol. The molecule has 0 amide bonds. The number of hydrogen-bond acceptors (Lipinski definition) is 6. The lowest BCUT2D eigenvalue weighted by Gasteiger charge is -1.95. The van der Waals surface area contributed by atoms with Crippen LogP contribution >= 0.6 is 0 Å². The maximum absolute atomic E-state index is 10.4. The Bertz CT molecular complexity index is 777. The van der Waals surface area contributed by atoms with Crippen LogP contribution in [0.5, 0.6) is 0 Å². The van der Waals surface area contributed by atoms with E-state index < -0.39 is 23.9 Å². The van der Waals surface area contributed by atoms with E-state index >= 15 is 0 Å². The number of aliphatic hydroxyl groups excluding tert-OH is 2. The van der Waals surface area contributed by atoms with Gasteiger partial charge < -0.3 is 30.6 Å². The van der Waals surface area contributed by atoms with Gasteiger partial charge in [0.15, 0.2) is 0 Å². The van der Waals surface area contributed by atoms with Gasteiger partial charge in [-0.3, -0.25) is 0 Å². The van der Waals surface area contributed by atoms with Crippen molar-refractivity contribution in [3.63, 3.8) is 0 Å². The Kier molecular flexibility index (Phi) is 12.5. The van der Waals surface area contributed by atoms with Gasteiger partial charge in [-0.1, -0.05) is 6.07 Å². The van der Waals surface area contributed by atoms with Crippen LogP contribution in [-0.4, -0.2) is 67.7 Å². The molecule has 2 aromatic rings. The molecule has 10 heteroatoms. The Hall–Kier alpha value is -3.76. The molecule has 6 N–H and O–H groups in total. The molecular formula is C20H22O10. The van der Waals surface area contributed by atoms with Crippen molar-refractivity contribution >= 4 is 23.9 Å². The molecule has 0 spiro atoms. The van der Waals surface area contributed by atoms with Crippen LogP contribution in [0.25, 0.3) is 0 Å². The highest BCUT2D eigenvalue weighted by Crippen LogP contribution is 2.05. The molecule has 0 aromatic heterocycles. The SMILES string of the molecule is O=C(O)c1ccc(C(=O)O)cc1.O=C(O)c1cccc(C(=O)O)c1.OCCCCO. The standard InChI is InChI=1S/2C8H6O4.C4H10O2/c9-7(10)5-1-2-6(4-3-5)8(11)12;9-7(10)5-2-1-3-6(4-5)8(11)12;5-3-1-2-4-6/h2*1-4H,(H,9,10)(H,11,12);5-6H,1-4H2. The number of carboxylic acids is 4. The van der Waals surface area contributed by atoms with Gasteiger partial charge in [-0.2, -0.15) is 0 Å². The van der Waals surface area contributed by atoms with Crippen LogP contribution < -0.4 is 0 Å². The fourth-order valence-corrected chi connectivity index (χ4v) is 1.76. The molecule has 0 unspecified atom stereocenters. The van der Waals surface area contributed by atoms with E-state index in [1.807, 2.05) is 0 Å². The van der Waals surface area contributed by atoms with E-state index in [1.165, 1.54) is 42.5 Å². The molecule has 0 atom stereocenters. The van der Waals surface area contributed by atoms with E-state index in [-0.39, 0.29) is 35.5 Å². The number of rotatable bonds is 7. The number of carboxylic acid groups (broad SMARTS) is 4. The first-order valence-corrected chi connectivity index (χ1v) is 8.49. The highest BCUT2D eigenvalue weighted by molar-refractivity contribution is 5.93. The van der Waals surface area contributed by atoms with Crippen LogP contribution in [0, 0.1) is 0 Å². The number of carbonyl (C=O) groups is 4. The largest absolute Gasteiger partial charge is 0.478 e. The highest BCUT2D eigenvalue weighted by Gasteiger charge is 2.07. The third-order valence-corrected chi connectivity index (χ3v) is 3.30. The first-order chi connectivity index (χ1) is 14.1. The Morgan fingerprint density at radius 2 is 0.833 bits per heavy atom. The number of hydrogen-bond donors (Lipinski definition) is 6. The summed E-state index contributed by atoms with van der Waals surface area (Å²) in [4.78, 5) is 41.4. The van der Waals surface area contributed by atoms with Gasteiger partial charge in [0, 0.05) is 13.2 Å². The van der Waals surface area contributed by atoms with Crippen molar-refractivity contribution in [3.8, 4) is 0 Å². The van der Waals surface area contributed by atoms with Crippen molar-refractivity contribution in [2.24, 2.45) is 0 Å². The van der Waals surface area contributed by atoms with Gasteiger partial charge in [0.25, 0.3) is 0 Å². The fraction of sp³-hybridized carbons (Fsp3) is 0.200. The molecule has 0 aliphatic rings. The fourth-order valence-electron chi connectivity index (χ4n) is 1.76. The minimum atomic E-state index is -1.13. The number of aromatic carboxylic acids is 4. The molecule has 0 aliphatic carbocycles. The summed E-state index contributed by atoms with van der Waals surface area (Å²) in [6, 6.07) is 10.2. The highest BCUT2D eigenvalue weighted by atomic mass is 16.4. The second-order valence-electron chi connectivity index (χ2n) is 5.53. The van der Waals surface area contributed by atoms with Crippen molar-refractivity contribution in [2.75, 3.05) is 13.2 Å². The van der Waals surface area contributed by atoms with Gasteiger partial charge >= 0.3 is 23.9 Å². The zero-order valence-electron chi connectivity index (χ0n) is 15.8. The molecule has 0 saturated carbocycles. The molecule has 0 radical (unpaired) electrons. The van der Waals surface area contributed by atoms with E-state index in [0.717, 1.165) is 18.9 Å². The first-order valence-electron chi connectivity index (χ1n) is 8.49. The van der Waals surface area contributed by atoms with E-state index in [2.05, 4.69) is 0 Å². The van der Waals surface area contributed by atoms with Crippen molar-refractivity contribution in [1.29, 1.82) is 0 Å². The van der Waals surface area contributed by atoms with Crippen LogP contribution in [0.4, 0.5) is 0 Å². The third kappa shape index (κ3) is 10.5. The summed E-state index contributed by atoms with van der Waals surface area (Å²) in [7, 11) is 0. The van der Waals surface area contributed by atoms with Crippen LogP contribution in [-0.2, 0) is 0 Å². The average molecular weight is 422 g/mol. The van der Waals surface area contributed by atoms with Crippen LogP contribution in [0.1, 0.15) is 54.3 Å². The summed E-state index contributed by atoms with van der Waals surface area (Å²) < 4.78 is 0. The molecule has 0 bridgehead atoms. The maximum atomic E-state index is 10.4. The van der Waals surface area contributed by atoms with Gasteiger partial charge in [0.1, 0.15) is 0 Å². The molecule has 2 rings (SSSR count). The summed E-state index contributed by atoms with van der Waals surface area (Å²) in [5.74, 6) is -4.38. The Balaban J connectivity index is 0.000000447. The van der Waals surface area contributed by atoms with Gasteiger partial charge in [-0.05, 0) is 55.3 Å².